The number of hydrazine groups is 1. The van der Waals surface area contributed by atoms with E-state index in [2.05, 4.69) is 21.1 Å². The van der Waals surface area contributed by atoms with Gasteiger partial charge in [0.25, 0.3) is 0 Å². The molecule has 3 rings (SSSR count). The lowest BCUT2D eigenvalue weighted by atomic mass is 10.1. The van der Waals surface area contributed by atoms with E-state index in [1.165, 1.54) is 7.11 Å². The molecule has 1 atom stereocenters. The number of ether oxygens (including phenoxy) is 2. The Bertz CT molecular complexity index is 813. The summed E-state index contributed by atoms with van der Waals surface area (Å²) in [4.78, 5) is 29.1. The van der Waals surface area contributed by atoms with Gasteiger partial charge in [-0.05, 0) is 31.6 Å². The first kappa shape index (κ1) is 17.6. The minimum atomic E-state index is -0.744. The molecule has 9 nitrogen and oxygen atoms in total. The molecule has 3 N–H and O–H groups in total. The maximum atomic E-state index is 12.8. The molecule has 1 aromatic carbocycles. The summed E-state index contributed by atoms with van der Waals surface area (Å²) in [7, 11) is 3.06. The second kappa shape index (κ2) is 6.95. The van der Waals surface area contributed by atoms with Gasteiger partial charge in [0.15, 0.2) is 0 Å². The Hall–Kier alpha value is -3.23. The van der Waals surface area contributed by atoms with Crippen molar-refractivity contribution in [2.24, 2.45) is 4.99 Å². The second-order valence-electron chi connectivity index (χ2n) is 6.09. The summed E-state index contributed by atoms with van der Waals surface area (Å²) in [6.45, 7) is 3.79. The molecule has 1 aromatic rings. The SMILES string of the molecule is COc1ccc(NC(=O)[C@@H]2CC(=O)NC3=NC(=C(C)C)NN32)c(OC)c1. The number of hydrogen-bond acceptors (Lipinski definition) is 7. The zero-order valence-corrected chi connectivity index (χ0v) is 15.0. The molecule has 0 radical (unpaired) electrons. The molecule has 2 aliphatic rings. The highest BCUT2D eigenvalue weighted by Gasteiger charge is 2.39. The minimum Gasteiger partial charge on any atom is -0.497 e. The number of allylic oxidation sites excluding steroid dienone is 1. The summed E-state index contributed by atoms with van der Waals surface area (Å²) >= 11 is 0. The maximum absolute atomic E-state index is 12.8. The van der Waals surface area contributed by atoms with Crippen LogP contribution >= 0.6 is 0 Å². The fraction of sp³-hybridized carbons (Fsp3) is 0.353. The molecule has 2 aliphatic heterocycles. The Balaban J connectivity index is 1.83. The van der Waals surface area contributed by atoms with E-state index in [0.29, 0.717) is 29.0 Å². The number of benzene rings is 1. The monoisotopic (exact) mass is 359 g/mol. The summed E-state index contributed by atoms with van der Waals surface area (Å²) in [5, 5.41) is 7.04. The molecule has 0 spiro atoms. The molecular weight excluding hydrogens is 338 g/mol. The molecule has 1 fully saturated rings. The topological polar surface area (TPSA) is 104 Å². The van der Waals surface area contributed by atoms with Gasteiger partial charge >= 0.3 is 0 Å². The molecule has 0 saturated carbocycles. The van der Waals surface area contributed by atoms with Crippen LogP contribution in [0.3, 0.4) is 0 Å². The molecule has 0 aromatic heterocycles. The Kier molecular flexibility index (Phi) is 4.70. The highest BCUT2D eigenvalue weighted by atomic mass is 16.5. The fourth-order valence-corrected chi connectivity index (χ4v) is 2.66. The third kappa shape index (κ3) is 3.28. The van der Waals surface area contributed by atoms with Gasteiger partial charge in [-0.3, -0.25) is 20.3 Å². The van der Waals surface area contributed by atoms with Crippen molar-refractivity contribution in [1.29, 1.82) is 0 Å². The van der Waals surface area contributed by atoms with Gasteiger partial charge in [-0.2, -0.15) is 4.99 Å². The molecule has 1 saturated heterocycles. The van der Waals surface area contributed by atoms with Gasteiger partial charge in [-0.1, -0.05) is 0 Å². The standard InChI is InChI=1S/C17H21N5O4/c1-9(2)15-20-17-19-14(23)8-12(22(17)21-15)16(24)18-11-6-5-10(25-3)7-13(11)26-4/h5-7,12,21H,8H2,1-4H3,(H,18,24)(H,19,20,23)/t12-/m0/s1. The van der Waals surface area contributed by atoms with Crippen molar-refractivity contribution in [2.75, 3.05) is 19.5 Å². The number of hydrogen-bond donors (Lipinski definition) is 3. The van der Waals surface area contributed by atoms with Crippen LogP contribution in [0.1, 0.15) is 20.3 Å². The fourth-order valence-electron chi connectivity index (χ4n) is 2.66. The first-order valence-electron chi connectivity index (χ1n) is 8.07. The average molecular weight is 359 g/mol. The molecular formula is C17H21N5O4. The van der Waals surface area contributed by atoms with Gasteiger partial charge in [0.1, 0.15) is 23.4 Å². The zero-order valence-electron chi connectivity index (χ0n) is 15.0. The number of rotatable bonds is 4. The highest BCUT2D eigenvalue weighted by molar-refractivity contribution is 6.08. The Labute approximate surface area is 151 Å². The largest absolute Gasteiger partial charge is 0.497 e. The number of nitrogens with zero attached hydrogens (tertiary/aromatic N) is 2. The lowest BCUT2D eigenvalue weighted by Gasteiger charge is -2.32. The van der Waals surface area contributed by atoms with Crippen LogP contribution in [-0.4, -0.2) is 43.0 Å². The van der Waals surface area contributed by atoms with Crippen LogP contribution in [0.5, 0.6) is 11.5 Å². The van der Waals surface area contributed by atoms with Crippen molar-refractivity contribution >= 4 is 23.5 Å². The molecule has 0 unspecified atom stereocenters. The van der Waals surface area contributed by atoms with E-state index in [9.17, 15) is 9.59 Å². The number of aliphatic imine (C=N–C) groups is 1. The first-order valence-corrected chi connectivity index (χ1v) is 8.07. The number of carbonyl (C=O) groups excluding carboxylic acids is 2. The zero-order chi connectivity index (χ0) is 18.8. The smallest absolute Gasteiger partial charge is 0.249 e. The number of fused-ring (bicyclic) bond motifs is 1. The van der Waals surface area contributed by atoms with Crippen molar-refractivity contribution in [3.63, 3.8) is 0 Å². The average Bonchev–Trinajstić information content (AvgIpc) is 3.05. The van der Waals surface area contributed by atoms with Crippen molar-refractivity contribution < 1.29 is 19.1 Å². The van der Waals surface area contributed by atoms with E-state index in [0.717, 1.165) is 5.57 Å². The predicted octanol–water partition coefficient (Wildman–Crippen LogP) is 0.958. The predicted molar refractivity (Wildman–Crippen MR) is 95.5 cm³/mol. The van der Waals surface area contributed by atoms with Gasteiger partial charge < -0.3 is 14.8 Å². The van der Waals surface area contributed by atoms with Crippen LogP contribution in [0.2, 0.25) is 0 Å². The number of guanidine groups is 1. The van der Waals surface area contributed by atoms with E-state index in [1.807, 2.05) is 13.8 Å². The summed E-state index contributed by atoms with van der Waals surface area (Å²) in [6, 6.07) is 4.33. The van der Waals surface area contributed by atoms with Crippen molar-refractivity contribution in [3.8, 4) is 11.5 Å². The molecule has 2 heterocycles. The van der Waals surface area contributed by atoms with E-state index < -0.39 is 6.04 Å². The first-order chi connectivity index (χ1) is 12.4. The third-order valence-corrected chi connectivity index (χ3v) is 4.06. The van der Waals surface area contributed by atoms with E-state index in [-0.39, 0.29) is 18.2 Å². The summed E-state index contributed by atoms with van der Waals surface area (Å²) in [6.07, 6.45) is 0.00631. The summed E-state index contributed by atoms with van der Waals surface area (Å²) in [5.74, 6) is 1.39. The van der Waals surface area contributed by atoms with Crippen molar-refractivity contribution in [1.82, 2.24) is 15.8 Å². The lowest BCUT2D eigenvalue weighted by Crippen LogP contribution is -2.61. The molecule has 9 heteroatoms. The van der Waals surface area contributed by atoms with Crippen LogP contribution in [-0.2, 0) is 9.59 Å². The maximum Gasteiger partial charge on any atom is 0.249 e. The number of anilines is 1. The summed E-state index contributed by atoms with van der Waals surface area (Å²) < 4.78 is 10.5. The molecule has 26 heavy (non-hydrogen) atoms. The van der Waals surface area contributed by atoms with Gasteiger partial charge in [0, 0.05) is 6.07 Å². The van der Waals surface area contributed by atoms with E-state index in [4.69, 9.17) is 9.47 Å². The number of carbonyl (C=O) groups is 2. The Morgan fingerprint density at radius 3 is 2.73 bits per heavy atom. The number of methoxy groups -OCH3 is 2. The Morgan fingerprint density at radius 2 is 2.08 bits per heavy atom. The quantitative estimate of drug-likeness (QED) is 0.740. The molecule has 0 bridgehead atoms. The van der Waals surface area contributed by atoms with Crippen molar-refractivity contribution in [3.05, 3.63) is 29.6 Å². The normalized spacial score (nSPS) is 18.4. The molecule has 0 aliphatic carbocycles. The van der Waals surface area contributed by atoms with Gasteiger partial charge in [0.05, 0.1) is 26.3 Å². The van der Waals surface area contributed by atoms with Crippen molar-refractivity contribution in [2.45, 2.75) is 26.3 Å². The van der Waals surface area contributed by atoms with Gasteiger partial charge in [-0.25, -0.2) is 5.01 Å². The molecule has 138 valence electrons. The van der Waals surface area contributed by atoms with Crippen LogP contribution < -0.4 is 25.5 Å². The highest BCUT2D eigenvalue weighted by Crippen LogP contribution is 2.29. The summed E-state index contributed by atoms with van der Waals surface area (Å²) in [5.41, 5.74) is 4.49. The van der Waals surface area contributed by atoms with Gasteiger partial charge in [0.2, 0.25) is 17.8 Å². The number of amides is 2. The van der Waals surface area contributed by atoms with E-state index in [1.54, 1.807) is 30.3 Å². The second-order valence-corrected chi connectivity index (χ2v) is 6.09. The molecule has 2 amide bonds. The lowest BCUT2D eigenvalue weighted by molar-refractivity contribution is -0.129. The van der Waals surface area contributed by atoms with E-state index >= 15 is 0 Å². The van der Waals surface area contributed by atoms with Crippen LogP contribution in [0.25, 0.3) is 0 Å². The third-order valence-electron chi connectivity index (χ3n) is 4.06. The number of nitrogens with one attached hydrogen (secondary N) is 3. The van der Waals surface area contributed by atoms with Crippen LogP contribution in [0.15, 0.2) is 34.6 Å². The Morgan fingerprint density at radius 1 is 1.31 bits per heavy atom. The van der Waals surface area contributed by atoms with Crippen LogP contribution in [0.4, 0.5) is 5.69 Å². The minimum absolute atomic E-state index is 0.00631. The van der Waals surface area contributed by atoms with Gasteiger partial charge in [-0.15, -0.1) is 0 Å². The van der Waals surface area contributed by atoms with Crippen LogP contribution in [0, 0.1) is 0 Å².